The molecule has 1 heterocycles. The number of nitrogens with zero attached hydrogens (tertiary/aromatic N) is 1. The SMILES string of the molecule is CCCC[C@@H](C(=O)[O-])N1C(=O)CSC1=S. The molecule has 4 nitrogen and oxygen atoms in total. The van der Waals surface area contributed by atoms with Gasteiger partial charge in [-0.3, -0.25) is 9.69 Å². The van der Waals surface area contributed by atoms with Crippen LogP contribution < -0.4 is 5.11 Å². The number of carboxylic acids is 1. The maximum absolute atomic E-state index is 11.4. The Balaban J connectivity index is 2.74. The fourth-order valence-electron chi connectivity index (χ4n) is 1.42. The summed E-state index contributed by atoms with van der Waals surface area (Å²) in [5.74, 6) is -1.20. The van der Waals surface area contributed by atoms with Crippen molar-refractivity contribution < 1.29 is 14.7 Å². The van der Waals surface area contributed by atoms with Crippen molar-refractivity contribution in [1.29, 1.82) is 0 Å². The van der Waals surface area contributed by atoms with Crippen molar-refractivity contribution in [1.82, 2.24) is 4.90 Å². The van der Waals surface area contributed by atoms with Gasteiger partial charge >= 0.3 is 0 Å². The summed E-state index contributed by atoms with van der Waals surface area (Å²) >= 11 is 6.15. The number of thiocarbonyl (C=S) groups is 1. The van der Waals surface area contributed by atoms with Gasteiger partial charge in [0.25, 0.3) is 0 Å². The number of amides is 1. The lowest BCUT2D eigenvalue weighted by Crippen LogP contribution is -2.50. The zero-order chi connectivity index (χ0) is 11.4. The van der Waals surface area contributed by atoms with Crippen LogP contribution in [0.3, 0.4) is 0 Å². The normalized spacial score (nSPS) is 18.3. The van der Waals surface area contributed by atoms with Gasteiger partial charge in [0.1, 0.15) is 4.32 Å². The maximum atomic E-state index is 11.4. The first-order chi connectivity index (χ1) is 7.07. The molecule has 1 saturated heterocycles. The van der Waals surface area contributed by atoms with Crippen LogP contribution in [0.4, 0.5) is 0 Å². The molecule has 1 amide bonds. The summed E-state index contributed by atoms with van der Waals surface area (Å²) in [5, 5.41) is 10.9. The van der Waals surface area contributed by atoms with E-state index >= 15 is 0 Å². The second kappa shape index (κ2) is 5.46. The van der Waals surface area contributed by atoms with Crippen molar-refractivity contribution >= 4 is 40.2 Å². The van der Waals surface area contributed by atoms with Crippen LogP contribution in [0.15, 0.2) is 0 Å². The van der Waals surface area contributed by atoms with Crippen molar-refractivity contribution in [3.63, 3.8) is 0 Å². The second-order valence-electron chi connectivity index (χ2n) is 3.30. The Kier molecular flexibility index (Phi) is 4.53. The predicted molar refractivity (Wildman–Crippen MR) is 60.2 cm³/mol. The molecule has 1 aliphatic heterocycles. The van der Waals surface area contributed by atoms with Crippen molar-refractivity contribution in [2.24, 2.45) is 0 Å². The van der Waals surface area contributed by atoms with E-state index in [9.17, 15) is 14.7 Å². The molecule has 1 aliphatic rings. The van der Waals surface area contributed by atoms with Crippen LogP contribution in [0, 0.1) is 0 Å². The Hall–Kier alpha value is -0.620. The van der Waals surface area contributed by atoms with Crippen molar-refractivity contribution in [2.45, 2.75) is 32.2 Å². The molecule has 0 aromatic heterocycles. The van der Waals surface area contributed by atoms with E-state index in [2.05, 4.69) is 0 Å². The van der Waals surface area contributed by atoms with Crippen LogP contribution in [0.25, 0.3) is 0 Å². The maximum Gasteiger partial charge on any atom is 0.239 e. The predicted octanol–water partition coefficient (Wildman–Crippen LogP) is 0.155. The molecule has 0 bridgehead atoms. The number of thioether (sulfide) groups is 1. The number of rotatable bonds is 5. The smallest absolute Gasteiger partial charge is 0.239 e. The summed E-state index contributed by atoms with van der Waals surface area (Å²) in [6.45, 7) is 1.96. The third kappa shape index (κ3) is 2.92. The first kappa shape index (κ1) is 12.4. The molecular formula is C9H12NO3S2-. The van der Waals surface area contributed by atoms with Crippen molar-refractivity contribution in [3.8, 4) is 0 Å². The van der Waals surface area contributed by atoms with E-state index in [1.54, 1.807) is 0 Å². The molecule has 0 spiro atoms. The highest BCUT2D eigenvalue weighted by Gasteiger charge is 2.33. The molecular weight excluding hydrogens is 234 g/mol. The number of unbranched alkanes of at least 4 members (excludes halogenated alkanes) is 1. The lowest BCUT2D eigenvalue weighted by Gasteiger charge is -2.27. The molecule has 0 aliphatic carbocycles. The van der Waals surface area contributed by atoms with Crippen LogP contribution in [0.1, 0.15) is 26.2 Å². The molecule has 6 heteroatoms. The van der Waals surface area contributed by atoms with E-state index in [0.717, 1.165) is 12.8 Å². The van der Waals surface area contributed by atoms with Crippen LogP contribution in [-0.4, -0.2) is 32.9 Å². The van der Waals surface area contributed by atoms with E-state index in [-0.39, 0.29) is 11.7 Å². The van der Waals surface area contributed by atoms with E-state index in [0.29, 0.717) is 10.7 Å². The van der Waals surface area contributed by atoms with E-state index in [1.807, 2.05) is 6.92 Å². The summed E-state index contributed by atoms with van der Waals surface area (Å²) in [6, 6.07) is -0.889. The fraction of sp³-hybridized carbons (Fsp3) is 0.667. The fourth-order valence-corrected chi connectivity index (χ4v) is 2.58. The molecule has 0 N–H and O–H groups in total. The molecule has 1 atom stereocenters. The topological polar surface area (TPSA) is 60.4 Å². The Morgan fingerprint density at radius 2 is 2.40 bits per heavy atom. The largest absolute Gasteiger partial charge is 0.548 e. The number of hydrogen-bond donors (Lipinski definition) is 0. The molecule has 15 heavy (non-hydrogen) atoms. The van der Waals surface area contributed by atoms with E-state index in [1.165, 1.54) is 16.7 Å². The van der Waals surface area contributed by atoms with Crippen LogP contribution in [0.5, 0.6) is 0 Å². The summed E-state index contributed by atoms with van der Waals surface area (Å²) < 4.78 is 0.352. The van der Waals surface area contributed by atoms with Gasteiger partial charge in [-0.2, -0.15) is 0 Å². The van der Waals surface area contributed by atoms with Gasteiger partial charge < -0.3 is 9.90 Å². The first-order valence-corrected chi connectivity index (χ1v) is 6.17. The minimum atomic E-state index is -1.22. The summed E-state index contributed by atoms with van der Waals surface area (Å²) in [7, 11) is 0. The minimum absolute atomic E-state index is 0.227. The zero-order valence-corrected chi connectivity index (χ0v) is 10.0. The second-order valence-corrected chi connectivity index (χ2v) is 4.90. The molecule has 84 valence electrons. The van der Waals surface area contributed by atoms with Gasteiger partial charge in [-0.25, -0.2) is 0 Å². The van der Waals surface area contributed by atoms with Gasteiger partial charge in [0.15, 0.2) is 0 Å². The monoisotopic (exact) mass is 246 g/mol. The van der Waals surface area contributed by atoms with Crippen LogP contribution in [0.2, 0.25) is 0 Å². The van der Waals surface area contributed by atoms with Gasteiger partial charge in [0, 0.05) is 0 Å². The Morgan fingerprint density at radius 1 is 1.73 bits per heavy atom. The molecule has 1 rings (SSSR count). The van der Waals surface area contributed by atoms with Gasteiger partial charge in [-0.15, -0.1) is 0 Å². The highest BCUT2D eigenvalue weighted by Crippen LogP contribution is 2.23. The number of carboxylic acid groups (broad SMARTS) is 1. The number of carbonyl (C=O) groups is 2. The standard InChI is InChI=1S/C9H13NO3S2/c1-2-3-4-6(8(12)13)10-7(11)5-15-9(10)14/h6H,2-5H2,1H3,(H,12,13)/p-1/t6-/m0/s1. The van der Waals surface area contributed by atoms with E-state index in [4.69, 9.17) is 12.2 Å². The van der Waals surface area contributed by atoms with Crippen LogP contribution in [-0.2, 0) is 9.59 Å². The van der Waals surface area contributed by atoms with Gasteiger partial charge in [-0.05, 0) is 6.42 Å². The average Bonchev–Trinajstić information content (AvgIpc) is 2.49. The molecule has 0 radical (unpaired) electrons. The third-order valence-corrected chi connectivity index (χ3v) is 3.58. The highest BCUT2D eigenvalue weighted by molar-refractivity contribution is 8.23. The quantitative estimate of drug-likeness (QED) is 0.646. The lowest BCUT2D eigenvalue weighted by molar-refractivity contribution is -0.310. The number of aliphatic carboxylic acids is 1. The zero-order valence-electron chi connectivity index (χ0n) is 8.39. The Bertz CT molecular complexity index is 277. The first-order valence-electron chi connectivity index (χ1n) is 4.77. The number of hydrogen-bond acceptors (Lipinski definition) is 5. The summed E-state index contributed by atoms with van der Waals surface area (Å²) in [4.78, 5) is 23.5. The van der Waals surface area contributed by atoms with Gasteiger partial charge in [-0.1, -0.05) is 43.7 Å². The number of carbonyl (C=O) groups excluding carboxylic acids is 2. The molecule has 0 unspecified atom stereocenters. The Morgan fingerprint density at radius 3 is 2.80 bits per heavy atom. The van der Waals surface area contributed by atoms with Crippen molar-refractivity contribution in [3.05, 3.63) is 0 Å². The van der Waals surface area contributed by atoms with Crippen LogP contribution >= 0.6 is 24.0 Å². The molecule has 1 fully saturated rings. The van der Waals surface area contributed by atoms with Gasteiger partial charge in [0.05, 0.1) is 17.8 Å². The highest BCUT2D eigenvalue weighted by atomic mass is 32.2. The minimum Gasteiger partial charge on any atom is -0.548 e. The van der Waals surface area contributed by atoms with Crippen molar-refractivity contribution in [2.75, 3.05) is 5.75 Å². The lowest BCUT2D eigenvalue weighted by atomic mass is 10.1. The Labute approximate surface area is 98.0 Å². The molecule has 0 aromatic rings. The van der Waals surface area contributed by atoms with E-state index < -0.39 is 12.0 Å². The molecule has 0 saturated carbocycles. The summed E-state index contributed by atoms with van der Waals surface area (Å²) in [5.41, 5.74) is 0. The third-order valence-electron chi connectivity index (χ3n) is 2.20. The van der Waals surface area contributed by atoms with Gasteiger partial charge in [0.2, 0.25) is 5.91 Å². The molecule has 0 aromatic carbocycles. The summed E-state index contributed by atoms with van der Waals surface area (Å²) in [6.07, 6.45) is 2.03. The average molecular weight is 246 g/mol.